The van der Waals surface area contributed by atoms with E-state index in [1.54, 1.807) is 0 Å². The third-order valence-corrected chi connectivity index (χ3v) is 5.95. The molecule has 0 bridgehead atoms. The first-order chi connectivity index (χ1) is 11.2. The van der Waals surface area contributed by atoms with Crippen LogP contribution in [0.2, 0.25) is 0 Å². The van der Waals surface area contributed by atoms with Crippen molar-refractivity contribution < 1.29 is 18.0 Å². The fraction of sp³-hybridized carbons (Fsp3) is 0.500. The summed E-state index contributed by atoms with van der Waals surface area (Å²) in [5.74, 6) is -1.90. The molecule has 2 rings (SSSR count). The number of piperidine rings is 1. The van der Waals surface area contributed by atoms with Crippen molar-refractivity contribution in [3.63, 3.8) is 0 Å². The first-order valence-corrected chi connectivity index (χ1v) is 9.47. The number of benzene rings is 1. The number of carbonyl (C=O) groups excluding carboxylic acids is 2. The highest BCUT2D eigenvalue weighted by Crippen LogP contribution is 2.26. The number of nitrogens with one attached hydrogen (secondary N) is 2. The van der Waals surface area contributed by atoms with Gasteiger partial charge in [-0.15, -0.1) is 0 Å². The highest BCUT2D eigenvalue weighted by Gasteiger charge is 2.27. The molecule has 24 heavy (non-hydrogen) atoms. The Balaban J connectivity index is 1.99. The lowest BCUT2D eigenvalue weighted by Gasteiger charge is -2.34. The molecule has 7 nitrogen and oxygen atoms in total. The lowest BCUT2D eigenvalue weighted by molar-refractivity contribution is -0.115. The fourth-order valence-corrected chi connectivity index (χ4v) is 3.78. The Bertz CT molecular complexity index is 707. The summed E-state index contributed by atoms with van der Waals surface area (Å²) in [6.45, 7) is 4.61. The molecule has 0 radical (unpaired) electrons. The Morgan fingerprint density at radius 3 is 2.33 bits per heavy atom. The van der Waals surface area contributed by atoms with Gasteiger partial charge in [0.15, 0.2) is 9.84 Å². The Morgan fingerprint density at radius 2 is 1.79 bits per heavy atom. The standard InChI is InChI=1S/C16H23N3O4S/c1-16(6-8-18-9-7-16)11-19-15(21)12-2-4-13(5-3-12)24(22,23)10-14(17)20/h2-5,18H,6-11H2,1H3,(H2,17,20)(H,19,21). The lowest BCUT2D eigenvalue weighted by atomic mass is 9.81. The van der Waals surface area contributed by atoms with Gasteiger partial charge in [-0.1, -0.05) is 6.92 Å². The van der Waals surface area contributed by atoms with Gasteiger partial charge >= 0.3 is 0 Å². The molecule has 4 N–H and O–H groups in total. The van der Waals surface area contributed by atoms with E-state index in [4.69, 9.17) is 5.73 Å². The summed E-state index contributed by atoms with van der Waals surface area (Å²) in [6.07, 6.45) is 2.00. The molecule has 0 saturated carbocycles. The molecule has 0 aliphatic carbocycles. The minimum absolute atomic E-state index is 0.0248. The molecule has 1 saturated heterocycles. The maximum atomic E-state index is 12.2. The summed E-state index contributed by atoms with van der Waals surface area (Å²) in [7, 11) is -3.75. The van der Waals surface area contributed by atoms with E-state index in [0.717, 1.165) is 25.9 Å². The fourth-order valence-electron chi connectivity index (χ4n) is 2.69. The number of hydrogen-bond donors (Lipinski definition) is 3. The van der Waals surface area contributed by atoms with Gasteiger partial charge in [0.05, 0.1) is 4.90 Å². The van der Waals surface area contributed by atoms with Crippen molar-refractivity contribution in [3.8, 4) is 0 Å². The second kappa shape index (κ2) is 7.31. The third-order valence-electron chi connectivity index (χ3n) is 4.29. The summed E-state index contributed by atoms with van der Waals surface area (Å²) >= 11 is 0. The normalized spacial score (nSPS) is 17.2. The quantitative estimate of drug-likeness (QED) is 0.668. The van der Waals surface area contributed by atoms with Crippen molar-refractivity contribution in [1.82, 2.24) is 10.6 Å². The van der Waals surface area contributed by atoms with E-state index < -0.39 is 21.5 Å². The zero-order chi connectivity index (χ0) is 17.8. The van der Waals surface area contributed by atoms with Crippen LogP contribution in [-0.2, 0) is 14.6 Å². The molecule has 0 unspecified atom stereocenters. The van der Waals surface area contributed by atoms with Gasteiger partial charge in [-0.25, -0.2) is 8.42 Å². The topological polar surface area (TPSA) is 118 Å². The van der Waals surface area contributed by atoms with Crippen molar-refractivity contribution in [2.75, 3.05) is 25.4 Å². The summed E-state index contributed by atoms with van der Waals surface area (Å²) < 4.78 is 23.8. The smallest absolute Gasteiger partial charge is 0.251 e. The first kappa shape index (κ1) is 18.4. The molecular weight excluding hydrogens is 330 g/mol. The molecule has 1 aliphatic rings. The molecule has 1 aromatic rings. The van der Waals surface area contributed by atoms with E-state index in [9.17, 15) is 18.0 Å². The van der Waals surface area contributed by atoms with Gasteiger partial charge in [-0.2, -0.15) is 0 Å². The number of primary amides is 1. The third kappa shape index (κ3) is 4.78. The van der Waals surface area contributed by atoms with Gasteiger partial charge in [0.1, 0.15) is 5.75 Å². The van der Waals surface area contributed by atoms with Crippen LogP contribution in [0.3, 0.4) is 0 Å². The Labute approximate surface area is 141 Å². The van der Waals surface area contributed by atoms with Crippen molar-refractivity contribution in [1.29, 1.82) is 0 Å². The minimum atomic E-state index is -3.75. The first-order valence-electron chi connectivity index (χ1n) is 7.82. The molecule has 0 aromatic heterocycles. The van der Waals surface area contributed by atoms with Crippen LogP contribution in [0.1, 0.15) is 30.1 Å². The molecule has 132 valence electrons. The van der Waals surface area contributed by atoms with E-state index in [1.165, 1.54) is 24.3 Å². The second-order valence-corrected chi connectivity index (χ2v) is 8.48. The summed E-state index contributed by atoms with van der Waals surface area (Å²) in [6, 6.07) is 5.51. The maximum Gasteiger partial charge on any atom is 0.251 e. The van der Waals surface area contributed by atoms with E-state index in [-0.39, 0.29) is 16.2 Å². The van der Waals surface area contributed by atoms with Gasteiger partial charge in [-0.05, 0) is 55.6 Å². The lowest BCUT2D eigenvalue weighted by Crippen LogP contribution is -2.42. The van der Waals surface area contributed by atoms with E-state index in [1.807, 2.05) is 0 Å². The Kier molecular flexibility index (Phi) is 5.61. The van der Waals surface area contributed by atoms with Crippen LogP contribution >= 0.6 is 0 Å². The maximum absolute atomic E-state index is 12.2. The van der Waals surface area contributed by atoms with Crippen LogP contribution in [0.5, 0.6) is 0 Å². The predicted octanol–water partition coefficient (Wildman–Crippen LogP) is 0.0651. The SMILES string of the molecule is CC1(CNC(=O)c2ccc(S(=O)(=O)CC(N)=O)cc2)CCNCC1. The van der Waals surface area contributed by atoms with Crippen LogP contribution in [-0.4, -0.2) is 45.6 Å². The zero-order valence-corrected chi connectivity index (χ0v) is 14.5. The summed E-state index contributed by atoms with van der Waals surface area (Å²) in [5, 5.41) is 6.20. The second-order valence-electron chi connectivity index (χ2n) is 6.49. The predicted molar refractivity (Wildman–Crippen MR) is 90.2 cm³/mol. The number of amides is 2. The van der Waals surface area contributed by atoms with Gasteiger partial charge in [-0.3, -0.25) is 9.59 Å². The molecule has 1 fully saturated rings. The summed E-state index contributed by atoms with van der Waals surface area (Å²) in [4.78, 5) is 23.0. The number of nitrogens with two attached hydrogens (primary N) is 1. The number of hydrogen-bond acceptors (Lipinski definition) is 5. The molecule has 1 heterocycles. The van der Waals surface area contributed by atoms with Crippen molar-refractivity contribution in [3.05, 3.63) is 29.8 Å². The highest BCUT2D eigenvalue weighted by molar-refractivity contribution is 7.92. The molecular formula is C16H23N3O4S. The zero-order valence-electron chi connectivity index (χ0n) is 13.7. The summed E-state index contributed by atoms with van der Waals surface area (Å²) in [5.41, 5.74) is 5.39. The van der Waals surface area contributed by atoms with Crippen LogP contribution in [0.15, 0.2) is 29.2 Å². The van der Waals surface area contributed by atoms with E-state index in [0.29, 0.717) is 12.1 Å². The van der Waals surface area contributed by atoms with Crippen molar-refractivity contribution >= 4 is 21.7 Å². The molecule has 8 heteroatoms. The van der Waals surface area contributed by atoms with E-state index in [2.05, 4.69) is 17.6 Å². The number of rotatable bonds is 6. The van der Waals surface area contributed by atoms with Gasteiger partial charge in [0.25, 0.3) is 5.91 Å². The van der Waals surface area contributed by atoms with Crippen LogP contribution in [0.4, 0.5) is 0 Å². The average Bonchev–Trinajstić information content (AvgIpc) is 2.52. The molecule has 1 aliphatic heterocycles. The van der Waals surface area contributed by atoms with Gasteiger partial charge in [0, 0.05) is 12.1 Å². The van der Waals surface area contributed by atoms with E-state index >= 15 is 0 Å². The monoisotopic (exact) mass is 353 g/mol. The van der Waals surface area contributed by atoms with Crippen LogP contribution in [0.25, 0.3) is 0 Å². The Hall–Kier alpha value is -1.93. The minimum Gasteiger partial charge on any atom is -0.369 e. The Morgan fingerprint density at radius 1 is 1.21 bits per heavy atom. The van der Waals surface area contributed by atoms with Crippen molar-refractivity contribution in [2.24, 2.45) is 11.1 Å². The molecule has 0 atom stereocenters. The van der Waals surface area contributed by atoms with Crippen LogP contribution in [0, 0.1) is 5.41 Å². The molecule has 2 amide bonds. The van der Waals surface area contributed by atoms with Gasteiger partial charge in [0.2, 0.25) is 5.91 Å². The van der Waals surface area contributed by atoms with Gasteiger partial charge < -0.3 is 16.4 Å². The number of sulfone groups is 1. The molecule has 0 spiro atoms. The highest BCUT2D eigenvalue weighted by atomic mass is 32.2. The number of carbonyl (C=O) groups is 2. The average molecular weight is 353 g/mol. The molecule has 1 aromatic carbocycles. The largest absolute Gasteiger partial charge is 0.369 e. The van der Waals surface area contributed by atoms with Crippen LogP contribution < -0.4 is 16.4 Å². The van der Waals surface area contributed by atoms with Crippen molar-refractivity contribution in [2.45, 2.75) is 24.7 Å².